The number of methoxy groups -OCH3 is 2. The summed E-state index contributed by atoms with van der Waals surface area (Å²) in [4.78, 5) is 55.4. The summed E-state index contributed by atoms with van der Waals surface area (Å²) in [5, 5.41) is 15.2. The van der Waals surface area contributed by atoms with Crippen LogP contribution in [0, 0.1) is 12.0 Å². The molecule has 2 aromatic rings. The number of rotatable bonds is 11. The maximum atomic E-state index is 13.7. The third-order valence-corrected chi connectivity index (χ3v) is 7.44. The average Bonchev–Trinajstić information content (AvgIpc) is 3.01. The SMILES string of the molecule is COc1ccc(CCN2CC3N(C(=O)CN(CC#CN)N3C(=O)NCc3ccccc3)[C@@H](CCC(=O)O)C2=O)cc1OC. The van der Waals surface area contributed by atoms with Crippen LogP contribution in [0.1, 0.15) is 24.0 Å². The Hall–Kier alpha value is -4.96. The molecule has 2 aliphatic rings. The smallest absolute Gasteiger partial charge is 0.334 e. The highest BCUT2D eigenvalue weighted by atomic mass is 16.5. The summed E-state index contributed by atoms with van der Waals surface area (Å²) in [6.45, 7) is 0.292. The van der Waals surface area contributed by atoms with Crippen molar-refractivity contribution >= 4 is 23.8 Å². The van der Waals surface area contributed by atoms with Crippen molar-refractivity contribution in [1.29, 1.82) is 0 Å². The normalized spacial score (nSPS) is 18.4. The minimum absolute atomic E-state index is 0.00468. The number of ether oxygens (including phenoxy) is 2. The Labute approximate surface area is 250 Å². The van der Waals surface area contributed by atoms with Gasteiger partial charge in [-0.1, -0.05) is 42.3 Å². The number of amides is 4. The van der Waals surface area contributed by atoms with E-state index >= 15 is 0 Å². The summed E-state index contributed by atoms with van der Waals surface area (Å²) in [5.41, 5.74) is 7.16. The standard InChI is InChI=1S/C30H36N6O7/c1-42-24-11-9-21(17-25(24)43-2)13-16-33-19-26-35(23(29(33)40)10-12-28(38)39)27(37)20-34(15-6-14-31)36(26)30(41)32-18-22-7-4-3-5-8-22/h3-5,7-9,11,17,23,26H,10,12-13,15-16,18-20,31H2,1-2H3,(H,32,41)(H,38,39)/t23-,26?/m0/s1. The van der Waals surface area contributed by atoms with Gasteiger partial charge in [0.05, 0.1) is 33.9 Å². The zero-order chi connectivity index (χ0) is 30.9. The second-order valence-corrected chi connectivity index (χ2v) is 10.1. The van der Waals surface area contributed by atoms with Crippen molar-refractivity contribution in [2.75, 3.05) is 40.4 Å². The Bertz CT molecular complexity index is 1390. The van der Waals surface area contributed by atoms with Crippen LogP contribution in [-0.2, 0) is 27.3 Å². The lowest BCUT2D eigenvalue weighted by molar-refractivity contribution is -0.189. The van der Waals surface area contributed by atoms with Crippen molar-refractivity contribution in [3.8, 4) is 23.5 Å². The second kappa shape index (κ2) is 14.3. The largest absolute Gasteiger partial charge is 0.493 e. The summed E-state index contributed by atoms with van der Waals surface area (Å²) in [6.07, 6.45) is -0.857. The number of nitrogens with two attached hydrogens (primary N) is 1. The number of fused-ring (bicyclic) bond motifs is 1. The van der Waals surface area contributed by atoms with Gasteiger partial charge in [0.15, 0.2) is 11.5 Å². The minimum Gasteiger partial charge on any atom is -0.493 e. The fourth-order valence-corrected chi connectivity index (χ4v) is 5.36. The molecule has 0 aromatic heterocycles. The molecule has 4 rings (SSSR count). The number of nitrogens with zero attached hydrogens (tertiary/aromatic N) is 4. The molecular formula is C30H36N6O7. The number of carboxylic acids is 1. The Morgan fingerprint density at radius 1 is 1.07 bits per heavy atom. The zero-order valence-corrected chi connectivity index (χ0v) is 24.2. The molecule has 43 heavy (non-hydrogen) atoms. The molecule has 0 bridgehead atoms. The molecule has 2 fully saturated rings. The number of piperazine rings is 1. The summed E-state index contributed by atoms with van der Waals surface area (Å²) in [5.74, 6) is 1.97. The van der Waals surface area contributed by atoms with Crippen molar-refractivity contribution in [2.45, 2.75) is 38.0 Å². The van der Waals surface area contributed by atoms with E-state index in [-0.39, 0.29) is 51.5 Å². The highest BCUT2D eigenvalue weighted by molar-refractivity contribution is 5.91. The Balaban J connectivity index is 1.63. The molecule has 2 aliphatic heterocycles. The van der Waals surface area contributed by atoms with Crippen LogP contribution in [0.5, 0.6) is 11.5 Å². The van der Waals surface area contributed by atoms with Gasteiger partial charge in [-0.2, -0.15) is 5.01 Å². The van der Waals surface area contributed by atoms with Gasteiger partial charge in [0.2, 0.25) is 11.8 Å². The van der Waals surface area contributed by atoms with E-state index in [1.165, 1.54) is 22.0 Å². The fourth-order valence-electron chi connectivity index (χ4n) is 5.36. The average molecular weight is 593 g/mol. The summed E-state index contributed by atoms with van der Waals surface area (Å²) in [7, 11) is 3.08. The van der Waals surface area contributed by atoms with Crippen LogP contribution in [0.15, 0.2) is 48.5 Å². The van der Waals surface area contributed by atoms with Crippen LogP contribution >= 0.6 is 0 Å². The second-order valence-electron chi connectivity index (χ2n) is 10.1. The predicted molar refractivity (Wildman–Crippen MR) is 155 cm³/mol. The van der Waals surface area contributed by atoms with Crippen molar-refractivity contribution < 1.29 is 33.8 Å². The van der Waals surface area contributed by atoms with E-state index in [1.54, 1.807) is 18.1 Å². The first-order valence-electron chi connectivity index (χ1n) is 13.8. The lowest BCUT2D eigenvalue weighted by atomic mass is 10.0. The number of hydrazine groups is 1. The first kappa shape index (κ1) is 31.0. The molecule has 4 amide bonds. The number of nitrogens with one attached hydrogen (secondary N) is 1. The van der Waals surface area contributed by atoms with E-state index in [4.69, 9.17) is 15.2 Å². The number of aliphatic carboxylic acids is 1. The molecule has 0 spiro atoms. The number of benzene rings is 2. The molecular weight excluding hydrogens is 556 g/mol. The van der Waals surface area contributed by atoms with E-state index in [1.807, 2.05) is 42.5 Å². The van der Waals surface area contributed by atoms with Gasteiger partial charge in [0, 0.05) is 25.6 Å². The third-order valence-electron chi connectivity index (χ3n) is 7.44. The number of carbonyl (C=O) groups is 4. The van der Waals surface area contributed by atoms with Gasteiger partial charge >= 0.3 is 12.0 Å². The van der Waals surface area contributed by atoms with Crippen molar-refractivity contribution in [1.82, 2.24) is 25.1 Å². The number of carbonyl (C=O) groups excluding carboxylic acids is 3. The molecule has 13 heteroatoms. The Morgan fingerprint density at radius 3 is 2.49 bits per heavy atom. The molecule has 0 saturated carbocycles. The number of hydrogen-bond acceptors (Lipinski definition) is 8. The van der Waals surface area contributed by atoms with E-state index in [0.717, 1.165) is 11.1 Å². The molecule has 2 saturated heterocycles. The van der Waals surface area contributed by atoms with Gasteiger partial charge in [-0.3, -0.25) is 14.4 Å². The van der Waals surface area contributed by atoms with Crippen LogP contribution in [0.3, 0.4) is 0 Å². The molecule has 0 radical (unpaired) electrons. The van der Waals surface area contributed by atoms with Gasteiger partial charge in [-0.05, 0) is 36.1 Å². The topological polar surface area (TPSA) is 158 Å². The first-order valence-corrected chi connectivity index (χ1v) is 13.8. The van der Waals surface area contributed by atoms with Crippen molar-refractivity contribution in [3.05, 3.63) is 59.7 Å². The van der Waals surface area contributed by atoms with Gasteiger partial charge in [-0.15, -0.1) is 0 Å². The number of hydrogen-bond donors (Lipinski definition) is 3. The molecule has 1 unspecified atom stereocenters. The van der Waals surface area contributed by atoms with Crippen LogP contribution in [0.4, 0.5) is 4.79 Å². The molecule has 228 valence electrons. The number of urea groups is 1. The third kappa shape index (κ3) is 7.28. The Kier molecular flexibility index (Phi) is 10.3. The van der Waals surface area contributed by atoms with Crippen molar-refractivity contribution in [3.63, 3.8) is 0 Å². The minimum atomic E-state index is -1.09. The lowest BCUT2D eigenvalue weighted by Crippen LogP contribution is -2.76. The number of carboxylic acid groups (broad SMARTS) is 1. The lowest BCUT2D eigenvalue weighted by Gasteiger charge is -2.54. The molecule has 0 aliphatic carbocycles. The van der Waals surface area contributed by atoms with Gasteiger partial charge < -0.3 is 35.4 Å². The van der Waals surface area contributed by atoms with Gasteiger partial charge in [-0.25, -0.2) is 9.80 Å². The fraction of sp³-hybridized carbons (Fsp3) is 0.400. The zero-order valence-electron chi connectivity index (χ0n) is 24.2. The summed E-state index contributed by atoms with van der Waals surface area (Å²) >= 11 is 0. The molecule has 4 N–H and O–H groups in total. The molecule has 2 heterocycles. The highest BCUT2D eigenvalue weighted by Gasteiger charge is 2.51. The van der Waals surface area contributed by atoms with Crippen LogP contribution in [0.25, 0.3) is 0 Å². The van der Waals surface area contributed by atoms with Crippen molar-refractivity contribution in [2.24, 2.45) is 5.73 Å². The van der Waals surface area contributed by atoms with E-state index in [0.29, 0.717) is 17.9 Å². The summed E-state index contributed by atoms with van der Waals surface area (Å²) < 4.78 is 10.7. The van der Waals surface area contributed by atoms with E-state index in [9.17, 15) is 24.3 Å². The summed E-state index contributed by atoms with van der Waals surface area (Å²) in [6, 6.07) is 15.6. The van der Waals surface area contributed by atoms with Gasteiger partial charge in [0.1, 0.15) is 12.2 Å². The highest BCUT2D eigenvalue weighted by Crippen LogP contribution is 2.30. The van der Waals surface area contributed by atoms with Crippen LogP contribution < -0.4 is 20.5 Å². The van der Waals surface area contributed by atoms with Crippen LogP contribution in [0.2, 0.25) is 0 Å². The first-order chi connectivity index (χ1) is 20.8. The van der Waals surface area contributed by atoms with Crippen LogP contribution in [-0.4, -0.2) is 101 Å². The molecule has 2 atom stereocenters. The molecule has 2 aromatic carbocycles. The predicted octanol–water partition coefficient (Wildman–Crippen LogP) is 0.839. The van der Waals surface area contributed by atoms with E-state index < -0.39 is 30.1 Å². The maximum absolute atomic E-state index is 13.7. The Morgan fingerprint density at radius 2 is 1.81 bits per heavy atom. The quantitative estimate of drug-likeness (QED) is 0.254. The molecule has 13 nitrogen and oxygen atoms in total. The monoisotopic (exact) mass is 592 g/mol. The van der Waals surface area contributed by atoms with E-state index in [2.05, 4.69) is 17.3 Å². The maximum Gasteiger partial charge on any atom is 0.334 e. The van der Waals surface area contributed by atoms with Gasteiger partial charge in [0.25, 0.3) is 0 Å².